The number of hydrogen-bond donors (Lipinski definition) is 3. The summed E-state index contributed by atoms with van der Waals surface area (Å²) in [6.07, 6.45) is 0. The lowest BCUT2D eigenvalue weighted by Crippen LogP contribution is -1.90. The van der Waals surface area contributed by atoms with E-state index >= 15 is 0 Å². The first-order valence-electron chi connectivity index (χ1n) is 4.83. The van der Waals surface area contributed by atoms with Crippen molar-refractivity contribution in [3.8, 4) is 0 Å². The van der Waals surface area contributed by atoms with Crippen LogP contribution in [0.2, 0.25) is 0 Å². The summed E-state index contributed by atoms with van der Waals surface area (Å²) in [5.74, 6) is 0. The molecule has 0 saturated carbocycles. The Hall–Kier alpha value is -1.81. The highest BCUT2D eigenvalue weighted by molar-refractivity contribution is 7.99. The highest BCUT2D eigenvalue weighted by Crippen LogP contribution is 2.31. The molecule has 2 aromatic rings. The van der Waals surface area contributed by atoms with Gasteiger partial charge in [0.15, 0.2) is 0 Å². The predicted octanol–water partition coefficient (Wildman–Crippen LogP) is 2.58. The zero-order chi connectivity index (χ0) is 11.5. The highest BCUT2D eigenvalue weighted by atomic mass is 32.2. The minimum atomic E-state index is 0.673. The number of rotatable bonds is 2. The maximum Gasteiger partial charge on any atom is 0.0346 e. The average molecular weight is 231 g/mol. The lowest BCUT2D eigenvalue weighted by molar-refractivity contribution is 1.41. The molecule has 0 bridgehead atoms. The Labute approximate surface area is 98.6 Å². The number of nitrogen functional groups attached to an aromatic ring is 3. The number of hydrogen-bond acceptors (Lipinski definition) is 4. The van der Waals surface area contributed by atoms with Crippen LogP contribution in [-0.4, -0.2) is 0 Å². The predicted molar refractivity (Wildman–Crippen MR) is 70.2 cm³/mol. The second-order valence-corrected chi connectivity index (χ2v) is 4.66. The van der Waals surface area contributed by atoms with Crippen LogP contribution in [0.1, 0.15) is 0 Å². The molecule has 82 valence electrons. The number of benzene rings is 2. The van der Waals surface area contributed by atoms with Crippen LogP contribution >= 0.6 is 11.8 Å². The molecule has 0 amide bonds. The Balaban J connectivity index is 2.27. The van der Waals surface area contributed by atoms with Crippen molar-refractivity contribution < 1.29 is 0 Å². The van der Waals surface area contributed by atoms with Crippen LogP contribution in [0.3, 0.4) is 0 Å². The summed E-state index contributed by atoms with van der Waals surface area (Å²) in [6, 6.07) is 13.2. The third-order valence-corrected chi connectivity index (χ3v) is 3.01. The van der Waals surface area contributed by atoms with Gasteiger partial charge >= 0.3 is 0 Å². The van der Waals surface area contributed by atoms with Crippen molar-refractivity contribution in [3.05, 3.63) is 42.5 Å². The van der Waals surface area contributed by atoms with Gasteiger partial charge < -0.3 is 17.2 Å². The molecule has 2 rings (SSSR count). The molecule has 0 aromatic heterocycles. The molecule has 0 atom stereocenters. The Kier molecular flexibility index (Phi) is 2.92. The molecule has 16 heavy (non-hydrogen) atoms. The Morgan fingerprint density at radius 2 is 1.31 bits per heavy atom. The second kappa shape index (κ2) is 4.37. The SMILES string of the molecule is Nc1cccc(Sc2cc(N)cc(N)c2)c1. The smallest absolute Gasteiger partial charge is 0.0346 e. The van der Waals surface area contributed by atoms with E-state index in [0.717, 1.165) is 15.5 Å². The summed E-state index contributed by atoms with van der Waals surface area (Å²) in [7, 11) is 0. The van der Waals surface area contributed by atoms with E-state index in [2.05, 4.69) is 0 Å². The standard InChI is InChI=1S/C12H13N3S/c13-8-2-1-3-11(5-8)16-12-6-9(14)4-10(15)7-12/h1-7H,13-15H2. The van der Waals surface area contributed by atoms with Crippen LogP contribution in [0.4, 0.5) is 17.1 Å². The van der Waals surface area contributed by atoms with E-state index in [9.17, 15) is 0 Å². The maximum atomic E-state index is 5.72. The van der Waals surface area contributed by atoms with Crippen LogP contribution in [0.25, 0.3) is 0 Å². The van der Waals surface area contributed by atoms with Crippen molar-refractivity contribution in [2.75, 3.05) is 17.2 Å². The van der Waals surface area contributed by atoms with Gasteiger partial charge in [0.2, 0.25) is 0 Å². The fourth-order valence-electron chi connectivity index (χ4n) is 1.42. The van der Waals surface area contributed by atoms with Gasteiger partial charge in [-0.1, -0.05) is 17.8 Å². The number of nitrogens with two attached hydrogens (primary N) is 3. The van der Waals surface area contributed by atoms with E-state index < -0.39 is 0 Å². The molecule has 0 aliphatic heterocycles. The Morgan fingerprint density at radius 1 is 0.688 bits per heavy atom. The zero-order valence-corrected chi connectivity index (χ0v) is 9.50. The molecule has 3 nitrogen and oxygen atoms in total. The molecule has 2 aromatic carbocycles. The van der Waals surface area contributed by atoms with Gasteiger partial charge in [-0.15, -0.1) is 0 Å². The first-order chi connectivity index (χ1) is 7.63. The lowest BCUT2D eigenvalue weighted by atomic mass is 10.3. The zero-order valence-electron chi connectivity index (χ0n) is 8.68. The normalized spacial score (nSPS) is 10.2. The monoisotopic (exact) mass is 231 g/mol. The molecule has 0 aliphatic rings. The molecule has 4 heteroatoms. The van der Waals surface area contributed by atoms with Crippen LogP contribution in [0.15, 0.2) is 52.3 Å². The lowest BCUT2D eigenvalue weighted by Gasteiger charge is -2.05. The molecule has 0 heterocycles. The van der Waals surface area contributed by atoms with Crippen molar-refractivity contribution >= 4 is 28.8 Å². The fraction of sp³-hybridized carbons (Fsp3) is 0. The van der Waals surface area contributed by atoms with Gasteiger partial charge in [0.25, 0.3) is 0 Å². The maximum absolute atomic E-state index is 5.72. The average Bonchev–Trinajstić information content (AvgIpc) is 2.15. The van der Waals surface area contributed by atoms with Crippen molar-refractivity contribution in [1.82, 2.24) is 0 Å². The summed E-state index contributed by atoms with van der Waals surface area (Å²) in [4.78, 5) is 2.09. The highest BCUT2D eigenvalue weighted by Gasteiger charge is 2.00. The van der Waals surface area contributed by atoms with Crippen LogP contribution in [0.5, 0.6) is 0 Å². The molecule has 0 fully saturated rings. The Morgan fingerprint density at radius 3 is 1.94 bits per heavy atom. The first-order valence-corrected chi connectivity index (χ1v) is 5.64. The van der Waals surface area contributed by atoms with Gasteiger partial charge in [-0.3, -0.25) is 0 Å². The summed E-state index contributed by atoms with van der Waals surface area (Å²) >= 11 is 1.59. The third-order valence-electron chi connectivity index (χ3n) is 2.04. The topological polar surface area (TPSA) is 78.1 Å². The minimum absolute atomic E-state index is 0.673. The fourth-order valence-corrected chi connectivity index (χ4v) is 2.42. The van der Waals surface area contributed by atoms with Crippen LogP contribution < -0.4 is 17.2 Å². The molecule has 0 aliphatic carbocycles. The van der Waals surface area contributed by atoms with Crippen molar-refractivity contribution in [2.24, 2.45) is 0 Å². The summed E-state index contributed by atoms with van der Waals surface area (Å²) in [5, 5.41) is 0. The van der Waals surface area contributed by atoms with Crippen molar-refractivity contribution in [2.45, 2.75) is 9.79 Å². The van der Waals surface area contributed by atoms with Crippen molar-refractivity contribution in [3.63, 3.8) is 0 Å². The van der Waals surface area contributed by atoms with E-state index in [1.165, 1.54) is 0 Å². The van der Waals surface area contributed by atoms with Gasteiger partial charge in [0.05, 0.1) is 0 Å². The summed E-state index contributed by atoms with van der Waals surface area (Å²) in [5.41, 5.74) is 19.3. The van der Waals surface area contributed by atoms with Crippen LogP contribution in [-0.2, 0) is 0 Å². The van der Waals surface area contributed by atoms with Crippen molar-refractivity contribution in [1.29, 1.82) is 0 Å². The Bertz CT molecular complexity index is 491. The summed E-state index contributed by atoms with van der Waals surface area (Å²) in [6.45, 7) is 0. The second-order valence-electron chi connectivity index (χ2n) is 3.51. The molecule has 0 saturated heterocycles. The third kappa shape index (κ3) is 2.61. The molecule has 0 radical (unpaired) electrons. The number of anilines is 3. The van der Waals surface area contributed by atoms with E-state index in [1.807, 2.05) is 36.4 Å². The van der Waals surface area contributed by atoms with Gasteiger partial charge in [0, 0.05) is 26.9 Å². The van der Waals surface area contributed by atoms with Crippen LogP contribution in [0, 0.1) is 0 Å². The first kappa shape index (κ1) is 10.7. The quantitative estimate of drug-likeness (QED) is 0.694. The van der Waals surface area contributed by atoms with Gasteiger partial charge in [-0.2, -0.15) is 0 Å². The van der Waals surface area contributed by atoms with Gasteiger partial charge in [-0.25, -0.2) is 0 Å². The minimum Gasteiger partial charge on any atom is -0.399 e. The molecule has 0 spiro atoms. The van der Waals surface area contributed by atoms with E-state index in [4.69, 9.17) is 17.2 Å². The van der Waals surface area contributed by atoms with E-state index in [1.54, 1.807) is 17.8 Å². The summed E-state index contributed by atoms with van der Waals surface area (Å²) < 4.78 is 0. The molecule has 0 unspecified atom stereocenters. The van der Waals surface area contributed by atoms with E-state index in [-0.39, 0.29) is 0 Å². The molecular weight excluding hydrogens is 218 g/mol. The van der Waals surface area contributed by atoms with Gasteiger partial charge in [-0.05, 0) is 36.4 Å². The largest absolute Gasteiger partial charge is 0.399 e. The van der Waals surface area contributed by atoms with Gasteiger partial charge in [0.1, 0.15) is 0 Å². The molecule has 6 N–H and O–H groups in total. The van der Waals surface area contributed by atoms with E-state index in [0.29, 0.717) is 11.4 Å². The molecular formula is C12H13N3S.